The van der Waals surface area contributed by atoms with Crippen LogP contribution in [0.4, 0.5) is 0 Å². The molecule has 4 nitrogen and oxygen atoms in total. The Balaban J connectivity index is 0.00000120. The normalized spacial score (nSPS) is 20.6. The average molecular weight is 284 g/mol. The zero-order valence-corrected chi connectivity index (χ0v) is 11.3. The molecule has 96 valence electrons. The van der Waals surface area contributed by atoms with Gasteiger partial charge in [-0.2, -0.15) is 0 Å². The Bertz CT molecular complexity index is 572. The van der Waals surface area contributed by atoms with E-state index in [4.69, 9.17) is 0 Å². The summed E-state index contributed by atoms with van der Waals surface area (Å²) < 4.78 is 12.3. The average Bonchev–Trinajstić information content (AvgIpc) is 2.91. The van der Waals surface area contributed by atoms with Gasteiger partial charge in [-0.3, -0.25) is 9.19 Å². The van der Waals surface area contributed by atoms with Crippen molar-refractivity contribution < 1.29 is 4.21 Å². The van der Waals surface area contributed by atoms with Gasteiger partial charge in [-0.05, 0) is 25.1 Å². The lowest BCUT2D eigenvalue weighted by Crippen LogP contribution is -2.19. The van der Waals surface area contributed by atoms with Crippen LogP contribution in [0.3, 0.4) is 0 Å². The number of hydrogen-bond donors (Lipinski definition) is 1. The highest BCUT2D eigenvalue weighted by atomic mass is 35.5. The van der Waals surface area contributed by atoms with Crippen LogP contribution < -0.4 is 5.32 Å². The molecule has 2 heterocycles. The van der Waals surface area contributed by atoms with Crippen molar-refractivity contribution in [2.45, 2.75) is 16.7 Å². The van der Waals surface area contributed by atoms with E-state index in [-0.39, 0.29) is 17.7 Å². The van der Waals surface area contributed by atoms with Gasteiger partial charge in [-0.25, -0.2) is 4.98 Å². The molecular weight excluding hydrogens is 270 g/mol. The van der Waals surface area contributed by atoms with E-state index >= 15 is 0 Å². The van der Waals surface area contributed by atoms with E-state index in [1.165, 1.54) is 0 Å². The molecule has 0 saturated carbocycles. The first-order valence-corrected chi connectivity index (χ1v) is 6.89. The van der Waals surface area contributed by atoms with E-state index in [0.29, 0.717) is 5.03 Å². The van der Waals surface area contributed by atoms with Gasteiger partial charge in [-0.1, -0.05) is 12.1 Å². The Labute approximate surface area is 114 Å². The van der Waals surface area contributed by atoms with Crippen molar-refractivity contribution in [3.05, 3.63) is 30.5 Å². The summed E-state index contributed by atoms with van der Waals surface area (Å²) in [6.45, 7) is 1.75. The fraction of sp³-hybridized carbons (Fsp3) is 0.333. The molecule has 0 unspecified atom stereocenters. The number of nitrogens with zero attached hydrogens (tertiary/aromatic N) is 2. The maximum absolute atomic E-state index is 12.3. The second-order valence-electron chi connectivity index (χ2n) is 4.11. The molecule has 1 aromatic heterocycles. The number of para-hydroxylation sites is 2. The van der Waals surface area contributed by atoms with Crippen LogP contribution in [0.25, 0.3) is 11.0 Å². The van der Waals surface area contributed by atoms with Gasteiger partial charge in [0, 0.05) is 6.54 Å². The van der Waals surface area contributed by atoms with E-state index in [1.54, 1.807) is 6.20 Å². The molecular formula is C12H14ClN3OS. The summed E-state index contributed by atoms with van der Waals surface area (Å²) in [5.41, 5.74) is 1.65. The molecule has 0 bridgehead atoms. The van der Waals surface area contributed by atoms with Crippen molar-refractivity contribution in [3.63, 3.8) is 0 Å². The lowest BCUT2D eigenvalue weighted by Gasteiger charge is -2.07. The minimum absolute atomic E-state index is 0. The van der Waals surface area contributed by atoms with Crippen LogP contribution in [0.1, 0.15) is 6.42 Å². The fourth-order valence-corrected chi connectivity index (χ4v) is 3.31. The highest BCUT2D eigenvalue weighted by molar-refractivity contribution is 7.85. The molecule has 2 atom stereocenters. The zero-order valence-electron chi connectivity index (χ0n) is 9.70. The van der Waals surface area contributed by atoms with Crippen LogP contribution in [-0.4, -0.2) is 32.5 Å². The van der Waals surface area contributed by atoms with Crippen LogP contribution in [-0.2, 0) is 10.8 Å². The molecule has 1 aliphatic heterocycles. The molecule has 2 aromatic rings. The third-order valence-corrected chi connectivity index (χ3v) is 4.57. The van der Waals surface area contributed by atoms with Gasteiger partial charge in [0.1, 0.15) is 5.03 Å². The van der Waals surface area contributed by atoms with Crippen molar-refractivity contribution in [2.75, 3.05) is 13.1 Å². The highest BCUT2D eigenvalue weighted by Gasteiger charge is 2.23. The molecule has 1 N–H and O–H groups in total. The van der Waals surface area contributed by atoms with Crippen molar-refractivity contribution in [3.8, 4) is 0 Å². The monoisotopic (exact) mass is 283 g/mol. The standard InChI is InChI=1S/C12H13N3OS.ClH/c16-17(9-5-6-13-7-9)12-8-14-10-3-1-2-4-11(10)15-12;/h1-4,8-9,13H,5-7H2;1H/t9-,17+;/m0./s1. The molecule has 1 fully saturated rings. The van der Waals surface area contributed by atoms with Crippen molar-refractivity contribution in [2.24, 2.45) is 0 Å². The summed E-state index contributed by atoms with van der Waals surface area (Å²) in [5, 5.41) is 3.99. The summed E-state index contributed by atoms with van der Waals surface area (Å²) in [6.07, 6.45) is 2.58. The second kappa shape index (κ2) is 5.73. The predicted octanol–water partition coefficient (Wildman–Crippen LogP) is 1.52. The first-order valence-electron chi connectivity index (χ1n) is 5.68. The number of fused-ring (bicyclic) bond motifs is 1. The topological polar surface area (TPSA) is 54.9 Å². The Morgan fingerprint density at radius 1 is 1.28 bits per heavy atom. The quantitative estimate of drug-likeness (QED) is 0.908. The SMILES string of the molecule is Cl.O=[S@@](c1cnc2ccccc2n1)[C@H]1CCNC1. The molecule has 0 aliphatic carbocycles. The van der Waals surface area contributed by atoms with Gasteiger partial charge in [0.15, 0.2) is 0 Å². The third kappa shape index (κ3) is 2.53. The van der Waals surface area contributed by atoms with E-state index in [1.807, 2.05) is 24.3 Å². The number of benzene rings is 1. The van der Waals surface area contributed by atoms with Crippen molar-refractivity contribution >= 4 is 34.2 Å². The first kappa shape index (κ1) is 13.4. The van der Waals surface area contributed by atoms with Crippen LogP contribution in [0.2, 0.25) is 0 Å². The maximum Gasteiger partial charge on any atom is 0.146 e. The van der Waals surface area contributed by atoms with E-state index in [9.17, 15) is 4.21 Å². The van der Waals surface area contributed by atoms with E-state index < -0.39 is 10.8 Å². The molecule has 6 heteroatoms. The van der Waals surface area contributed by atoms with Crippen LogP contribution in [0, 0.1) is 0 Å². The number of nitrogens with one attached hydrogen (secondary N) is 1. The van der Waals surface area contributed by atoms with Crippen molar-refractivity contribution in [1.82, 2.24) is 15.3 Å². The largest absolute Gasteiger partial charge is 0.315 e. The maximum atomic E-state index is 12.3. The lowest BCUT2D eigenvalue weighted by molar-refractivity contribution is 0.669. The molecule has 0 spiro atoms. The molecule has 0 amide bonds. The zero-order chi connectivity index (χ0) is 11.7. The minimum Gasteiger partial charge on any atom is -0.315 e. The molecule has 1 saturated heterocycles. The second-order valence-corrected chi connectivity index (χ2v) is 5.79. The van der Waals surface area contributed by atoms with Crippen LogP contribution in [0.5, 0.6) is 0 Å². The predicted molar refractivity (Wildman–Crippen MR) is 74.5 cm³/mol. The fourth-order valence-electron chi connectivity index (χ4n) is 2.02. The Kier molecular flexibility index (Phi) is 4.27. The summed E-state index contributed by atoms with van der Waals surface area (Å²) in [4.78, 5) is 8.73. The highest BCUT2D eigenvalue weighted by Crippen LogP contribution is 2.16. The van der Waals surface area contributed by atoms with E-state index in [0.717, 1.165) is 30.5 Å². The van der Waals surface area contributed by atoms with Gasteiger partial charge in [0.25, 0.3) is 0 Å². The number of rotatable bonds is 2. The van der Waals surface area contributed by atoms with Gasteiger partial charge in [0.2, 0.25) is 0 Å². The summed E-state index contributed by atoms with van der Waals surface area (Å²) in [7, 11) is -1.05. The number of halogens is 1. The molecule has 1 aromatic carbocycles. The molecule has 0 radical (unpaired) electrons. The van der Waals surface area contributed by atoms with Gasteiger partial charge in [-0.15, -0.1) is 12.4 Å². The summed E-state index contributed by atoms with van der Waals surface area (Å²) >= 11 is 0. The summed E-state index contributed by atoms with van der Waals surface area (Å²) in [5.74, 6) is 0. The third-order valence-electron chi connectivity index (χ3n) is 2.95. The van der Waals surface area contributed by atoms with Gasteiger partial charge in [0.05, 0.1) is 33.3 Å². The molecule has 3 rings (SSSR count). The summed E-state index contributed by atoms with van der Waals surface area (Å²) in [6, 6.07) is 7.65. The van der Waals surface area contributed by atoms with Gasteiger partial charge < -0.3 is 5.32 Å². The number of hydrogen-bond acceptors (Lipinski definition) is 4. The van der Waals surface area contributed by atoms with Gasteiger partial charge >= 0.3 is 0 Å². The minimum atomic E-state index is -1.05. The van der Waals surface area contributed by atoms with Crippen molar-refractivity contribution in [1.29, 1.82) is 0 Å². The smallest absolute Gasteiger partial charge is 0.146 e. The van der Waals surface area contributed by atoms with E-state index in [2.05, 4.69) is 15.3 Å². The molecule has 18 heavy (non-hydrogen) atoms. The Morgan fingerprint density at radius 2 is 2.06 bits per heavy atom. The first-order chi connectivity index (χ1) is 8.34. The number of aromatic nitrogens is 2. The van der Waals surface area contributed by atoms with Crippen LogP contribution >= 0.6 is 12.4 Å². The lowest BCUT2D eigenvalue weighted by atomic mass is 10.3. The Hall–Kier alpha value is -1.04. The van der Waals surface area contributed by atoms with Crippen LogP contribution in [0.15, 0.2) is 35.5 Å². The Morgan fingerprint density at radius 3 is 2.78 bits per heavy atom. The molecule has 1 aliphatic rings.